The SMILES string of the molecule is O=C(NCCc1ccccc1)c1ccc(N2C(=O)CCS2(=O)=O)cc1. The van der Waals surface area contributed by atoms with Gasteiger partial charge in [-0.2, -0.15) is 0 Å². The second-order valence-electron chi connectivity index (χ2n) is 5.76. The van der Waals surface area contributed by atoms with E-state index in [1.54, 1.807) is 0 Å². The lowest BCUT2D eigenvalue weighted by Gasteiger charge is -2.15. The minimum atomic E-state index is -3.58. The van der Waals surface area contributed by atoms with Crippen molar-refractivity contribution in [2.24, 2.45) is 0 Å². The largest absolute Gasteiger partial charge is 0.352 e. The van der Waals surface area contributed by atoms with Crippen molar-refractivity contribution in [2.45, 2.75) is 12.8 Å². The van der Waals surface area contributed by atoms with Gasteiger partial charge in [0.05, 0.1) is 11.4 Å². The zero-order valence-electron chi connectivity index (χ0n) is 13.5. The number of carbonyl (C=O) groups is 2. The van der Waals surface area contributed by atoms with E-state index in [9.17, 15) is 18.0 Å². The van der Waals surface area contributed by atoms with Crippen LogP contribution in [-0.4, -0.2) is 32.5 Å². The van der Waals surface area contributed by atoms with Crippen LogP contribution in [0.3, 0.4) is 0 Å². The maximum Gasteiger partial charge on any atom is 0.251 e. The highest BCUT2D eigenvalue weighted by Gasteiger charge is 2.36. The van der Waals surface area contributed by atoms with E-state index in [1.165, 1.54) is 24.3 Å². The Morgan fingerprint density at radius 1 is 1.04 bits per heavy atom. The summed E-state index contributed by atoms with van der Waals surface area (Å²) in [6, 6.07) is 15.8. The van der Waals surface area contributed by atoms with Crippen molar-refractivity contribution < 1.29 is 18.0 Å². The topological polar surface area (TPSA) is 83.6 Å². The summed E-state index contributed by atoms with van der Waals surface area (Å²) < 4.78 is 24.6. The average molecular weight is 358 g/mol. The summed E-state index contributed by atoms with van der Waals surface area (Å²) in [7, 11) is -3.58. The van der Waals surface area contributed by atoms with Crippen LogP contribution in [0.25, 0.3) is 0 Å². The smallest absolute Gasteiger partial charge is 0.251 e. The van der Waals surface area contributed by atoms with Gasteiger partial charge in [-0.3, -0.25) is 9.59 Å². The Balaban J connectivity index is 1.62. The lowest BCUT2D eigenvalue weighted by atomic mass is 10.1. The molecule has 0 radical (unpaired) electrons. The first-order chi connectivity index (χ1) is 12.0. The van der Waals surface area contributed by atoms with Crippen LogP contribution >= 0.6 is 0 Å². The van der Waals surface area contributed by atoms with Gasteiger partial charge in [0.2, 0.25) is 15.9 Å². The minimum absolute atomic E-state index is 0.00986. The Labute approximate surface area is 146 Å². The molecular weight excluding hydrogens is 340 g/mol. The molecule has 1 N–H and O–H groups in total. The number of hydrogen-bond acceptors (Lipinski definition) is 4. The summed E-state index contributed by atoms with van der Waals surface area (Å²) in [5, 5.41) is 2.82. The van der Waals surface area contributed by atoms with Gasteiger partial charge in [0.15, 0.2) is 0 Å². The maximum atomic E-state index is 12.1. The molecule has 0 saturated carbocycles. The Morgan fingerprint density at radius 2 is 1.72 bits per heavy atom. The second-order valence-corrected chi connectivity index (χ2v) is 7.70. The molecule has 3 rings (SSSR count). The number of benzene rings is 2. The number of sulfonamides is 1. The predicted octanol–water partition coefficient (Wildman–Crippen LogP) is 1.73. The van der Waals surface area contributed by atoms with Crippen molar-refractivity contribution in [1.29, 1.82) is 0 Å². The quantitative estimate of drug-likeness (QED) is 0.882. The third kappa shape index (κ3) is 3.88. The first-order valence-corrected chi connectivity index (χ1v) is 9.56. The van der Waals surface area contributed by atoms with Gasteiger partial charge in [-0.15, -0.1) is 0 Å². The van der Waals surface area contributed by atoms with Gasteiger partial charge in [0.1, 0.15) is 0 Å². The number of amides is 2. The van der Waals surface area contributed by atoms with Gasteiger partial charge in [0, 0.05) is 18.5 Å². The molecule has 7 heteroatoms. The lowest BCUT2D eigenvalue weighted by molar-refractivity contribution is -0.116. The van der Waals surface area contributed by atoms with Crippen LogP contribution in [0.5, 0.6) is 0 Å². The normalized spacial score (nSPS) is 16.0. The molecule has 0 unspecified atom stereocenters. The van der Waals surface area contributed by atoms with Crippen molar-refractivity contribution in [3.8, 4) is 0 Å². The summed E-state index contributed by atoms with van der Waals surface area (Å²) in [6.45, 7) is 0.504. The maximum absolute atomic E-state index is 12.1. The summed E-state index contributed by atoms with van der Waals surface area (Å²) in [4.78, 5) is 23.9. The average Bonchev–Trinajstić information content (AvgIpc) is 2.89. The van der Waals surface area contributed by atoms with E-state index in [4.69, 9.17) is 0 Å². The van der Waals surface area contributed by atoms with Crippen LogP contribution in [0.2, 0.25) is 0 Å². The molecular formula is C18H18N2O4S. The van der Waals surface area contributed by atoms with E-state index < -0.39 is 15.9 Å². The fourth-order valence-corrected chi connectivity index (χ4v) is 4.14. The molecule has 1 fully saturated rings. The van der Waals surface area contributed by atoms with Crippen molar-refractivity contribution in [3.63, 3.8) is 0 Å². The standard InChI is InChI=1S/C18H18N2O4S/c21-17-11-13-25(23,24)20(17)16-8-6-15(7-9-16)18(22)19-12-10-14-4-2-1-3-5-14/h1-9H,10-13H2,(H,19,22). The minimum Gasteiger partial charge on any atom is -0.352 e. The molecule has 130 valence electrons. The number of carbonyl (C=O) groups excluding carboxylic acids is 2. The predicted molar refractivity (Wildman–Crippen MR) is 94.8 cm³/mol. The van der Waals surface area contributed by atoms with Crippen molar-refractivity contribution in [3.05, 3.63) is 65.7 Å². The summed E-state index contributed by atoms with van der Waals surface area (Å²) in [5.74, 6) is -0.855. The molecule has 6 nitrogen and oxygen atoms in total. The zero-order chi connectivity index (χ0) is 17.9. The van der Waals surface area contributed by atoms with Crippen LogP contribution in [0, 0.1) is 0 Å². The number of hydrogen-bond donors (Lipinski definition) is 1. The second kappa shape index (κ2) is 7.06. The molecule has 0 spiro atoms. The van der Waals surface area contributed by atoms with E-state index >= 15 is 0 Å². The van der Waals surface area contributed by atoms with E-state index in [1.807, 2.05) is 30.3 Å². The molecule has 2 aromatic rings. The van der Waals surface area contributed by atoms with E-state index in [0.717, 1.165) is 16.3 Å². The van der Waals surface area contributed by atoms with Gasteiger partial charge in [-0.1, -0.05) is 30.3 Å². The molecule has 0 bridgehead atoms. The Kier molecular flexibility index (Phi) is 4.85. The third-order valence-electron chi connectivity index (χ3n) is 3.98. The first kappa shape index (κ1) is 17.2. The number of nitrogens with zero attached hydrogens (tertiary/aromatic N) is 1. The van der Waals surface area contributed by atoms with E-state index in [0.29, 0.717) is 12.1 Å². The van der Waals surface area contributed by atoms with Crippen molar-refractivity contribution in [2.75, 3.05) is 16.6 Å². The van der Waals surface area contributed by atoms with Crippen LogP contribution in [0.15, 0.2) is 54.6 Å². The summed E-state index contributed by atoms with van der Waals surface area (Å²) in [5.41, 5.74) is 1.82. The summed E-state index contributed by atoms with van der Waals surface area (Å²) >= 11 is 0. The third-order valence-corrected chi connectivity index (χ3v) is 5.68. The Hall–Kier alpha value is -2.67. The fourth-order valence-electron chi connectivity index (χ4n) is 2.68. The first-order valence-electron chi connectivity index (χ1n) is 7.95. The highest BCUT2D eigenvalue weighted by molar-refractivity contribution is 7.94. The van der Waals surface area contributed by atoms with Gasteiger partial charge in [0.25, 0.3) is 5.91 Å². The van der Waals surface area contributed by atoms with Gasteiger partial charge >= 0.3 is 0 Å². The highest BCUT2D eigenvalue weighted by atomic mass is 32.2. The molecule has 0 atom stereocenters. The highest BCUT2D eigenvalue weighted by Crippen LogP contribution is 2.25. The molecule has 1 aliphatic heterocycles. The molecule has 0 aromatic heterocycles. The number of anilines is 1. The van der Waals surface area contributed by atoms with Crippen molar-refractivity contribution >= 4 is 27.5 Å². The molecule has 1 aliphatic rings. The van der Waals surface area contributed by atoms with Gasteiger partial charge in [-0.05, 0) is 36.2 Å². The lowest BCUT2D eigenvalue weighted by Crippen LogP contribution is -2.29. The van der Waals surface area contributed by atoms with Crippen LogP contribution in [-0.2, 0) is 21.2 Å². The number of nitrogens with one attached hydrogen (secondary N) is 1. The molecule has 0 aliphatic carbocycles. The molecule has 2 amide bonds. The van der Waals surface area contributed by atoms with Crippen LogP contribution in [0.1, 0.15) is 22.3 Å². The number of rotatable bonds is 5. The van der Waals surface area contributed by atoms with Gasteiger partial charge < -0.3 is 5.32 Å². The molecule has 1 heterocycles. The Bertz CT molecular complexity index is 877. The summed E-state index contributed by atoms with van der Waals surface area (Å²) in [6.07, 6.45) is 0.718. The molecule has 1 saturated heterocycles. The zero-order valence-corrected chi connectivity index (χ0v) is 14.3. The van der Waals surface area contributed by atoms with Crippen molar-refractivity contribution in [1.82, 2.24) is 5.32 Å². The molecule has 25 heavy (non-hydrogen) atoms. The molecule has 2 aromatic carbocycles. The van der Waals surface area contributed by atoms with Crippen LogP contribution < -0.4 is 9.62 Å². The van der Waals surface area contributed by atoms with Gasteiger partial charge in [-0.25, -0.2) is 12.7 Å². The van der Waals surface area contributed by atoms with E-state index in [2.05, 4.69) is 5.32 Å². The Morgan fingerprint density at radius 3 is 2.32 bits per heavy atom. The monoisotopic (exact) mass is 358 g/mol. The van der Waals surface area contributed by atoms with E-state index in [-0.39, 0.29) is 23.8 Å². The van der Waals surface area contributed by atoms with Crippen LogP contribution in [0.4, 0.5) is 5.69 Å². The fraction of sp³-hybridized carbons (Fsp3) is 0.222.